The lowest BCUT2D eigenvalue weighted by atomic mass is 9.84. The van der Waals surface area contributed by atoms with E-state index in [-0.39, 0.29) is 23.4 Å². The maximum atomic E-state index is 12.1. The summed E-state index contributed by atoms with van der Waals surface area (Å²) in [5, 5.41) is 32.2. The van der Waals surface area contributed by atoms with Gasteiger partial charge in [0, 0.05) is 29.5 Å². The van der Waals surface area contributed by atoms with Gasteiger partial charge in [-0.15, -0.1) is 11.3 Å². The van der Waals surface area contributed by atoms with Crippen LogP contribution in [0.15, 0.2) is 17.5 Å². The van der Waals surface area contributed by atoms with Crippen molar-refractivity contribution in [1.29, 1.82) is 5.41 Å². The lowest BCUT2D eigenvalue weighted by molar-refractivity contribution is -0.134. The molecule has 16 heteroatoms. The average molecular weight is 498 g/mol. The number of rotatable bonds is 6. The Morgan fingerprint density at radius 3 is 2.36 bits per heavy atom. The van der Waals surface area contributed by atoms with Crippen molar-refractivity contribution >= 4 is 40.4 Å². The fraction of sp³-hybridized carbons (Fsp3) is 0.471. The second-order valence-corrected chi connectivity index (χ2v) is 7.49. The van der Waals surface area contributed by atoms with Crippen LogP contribution < -0.4 is 21.7 Å². The summed E-state index contributed by atoms with van der Waals surface area (Å²) in [6.07, 6.45) is -0.230. The molecular weight excluding hydrogens is 473 g/mol. The van der Waals surface area contributed by atoms with Gasteiger partial charge in [-0.25, -0.2) is 19.4 Å². The summed E-state index contributed by atoms with van der Waals surface area (Å²) in [5.74, 6) is -2.59. The molecule has 0 bridgehead atoms. The van der Waals surface area contributed by atoms with Crippen LogP contribution in [0.1, 0.15) is 37.3 Å². The summed E-state index contributed by atoms with van der Waals surface area (Å²) in [7, 11) is 0. The van der Waals surface area contributed by atoms with E-state index in [1.165, 1.54) is 11.3 Å². The third-order valence-corrected chi connectivity index (χ3v) is 4.79. The molecule has 0 saturated heterocycles. The Bertz CT molecular complexity index is 831. The van der Waals surface area contributed by atoms with Crippen molar-refractivity contribution in [3.63, 3.8) is 0 Å². The zero-order valence-corrected chi connectivity index (χ0v) is 17.9. The van der Waals surface area contributed by atoms with Crippen LogP contribution in [-0.4, -0.2) is 63.4 Å². The highest BCUT2D eigenvalue weighted by Gasteiger charge is 2.29. The summed E-state index contributed by atoms with van der Waals surface area (Å²) in [5.41, 5.74) is 6.09. The summed E-state index contributed by atoms with van der Waals surface area (Å²) in [6, 6.07) is -1.00. The lowest BCUT2D eigenvalue weighted by Crippen LogP contribution is -2.46. The number of thiazole rings is 1. The van der Waals surface area contributed by atoms with Gasteiger partial charge in [0.05, 0.1) is 5.69 Å². The van der Waals surface area contributed by atoms with Crippen LogP contribution in [0.2, 0.25) is 0 Å². The van der Waals surface area contributed by atoms with Gasteiger partial charge in [-0.1, -0.05) is 6.42 Å². The standard InChI is InChI=1S/C13H19F3N6OS.C4H4O4.H2O/c14-13(15,16)6-19-11(23)20-8-3-1-2-7(4-8)9-5-24-12(21-9)22-10(17)18;5-3(6)1-2-4(7)8;/h5,7-8H,1-4,6H2,(H2,19,20,23)(H4,17,18,21,22);1-2H,(H,5,6)(H,7,8);1H2/b;2-1-;. The summed E-state index contributed by atoms with van der Waals surface area (Å²) in [6.45, 7) is -1.35. The number of anilines is 1. The number of carbonyl (C=O) groups is 3. The van der Waals surface area contributed by atoms with Crippen LogP contribution in [0.5, 0.6) is 0 Å². The number of aromatic nitrogens is 1. The largest absolute Gasteiger partial charge is 0.478 e. The number of halogens is 3. The summed E-state index contributed by atoms with van der Waals surface area (Å²) >= 11 is 1.33. The predicted molar refractivity (Wildman–Crippen MR) is 113 cm³/mol. The minimum absolute atomic E-state index is 0. The van der Waals surface area contributed by atoms with Gasteiger partial charge >= 0.3 is 24.1 Å². The van der Waals surface area contributed by atoms with Crippen LogP contribution in [0, 0.1) is 5.41 Å². The Kier molecular flexibility index (Phi) is 12.5. The number of alkyl halides is 3. The SMILES string of the molecule is N=C(N)Nc1nc(C2CCCC(NC(=O)NCC(F)(F)F)C2)cs1.O.O=C(O)/C=C\C(=O)O. The van der Waals surface area contributed by atoms with Gasteiger partial charge in [-0.05, 0) is 19.3 Å². The van der Waals surface area contributed by atoms with Crippen molar-refractivity contribution < 1.29 is 43.2 Å². The Morgan fingerprint density at radius 1 is 1.24 bits per heavy atom. The minimum atomic E-state index is -4.42. The number of carboxylic acids is 2. The van der Waals surface area contributed by atoms with Gasteiger partial charge in [0.15, 0.2) is 11.1 Å². The molecule has 2 rings (SSSR count). The van der Waals surface area contributed by atoms with Crippen LogP contribution in [0.3, 0.4) is 0 Å². The maximum absolute atomic E-state index is 12.1. The molecule has 10 N–H and O–H groups in total. The highest BCUT2D eigenvalue weighted by atomic mass is 32.1. The number of guanidine groups is 1. The molecule has 2 unspecified atom stereocenters. The molecule has 0 aromatic carbocycles. The second kappa shape index (κ2) is 13.9. The molecule has 1 aromatic rings. The van der Waals surface area contributed by atoms with Gasteiger partial charge < -0.3 is 37.4 Å². The Balaban J connectivity index is 0.000000978. The number of nitrogens with one attached hydrogen (secondary N) is 4. The Labute approximate surface area is 189 Å². The molecule has 0 radical (unpaired) electrons. The van der Waals surface area contributed by atoms with E-state index in [0.29, 0.717) is 23.7 Å². The third-order valence-electron chi connectivity index (χ3n) is 4.01. The van der Waals surface area contributed by atoms with Gasteiger partial charge in [-0.3, -0.25) is 5.41 Å². The second-order valence-electron chi connectivity index (χ2n) is 6.63. The van der Waals surface area contributed by atoms with Crippen molar-refractivity contribution in [2.45, 2.75) is 43.8 Å². The molecule has 12 nitrogen and oxygen atoms in total. The number of nitrogens with zero attached hydrogens (tertiary/aromatic N) is 1. The third kappa shape index (κ3) is 13.6. The Hall–Kier alpha value is -3.40. The lowest BCUT2D eigenvalue weighted by Gasteiger charge is -2.29. The zero-order valence-electron chi connectivity index (χ0n) is 17.1. The first-order chi connectivity index (χ1) is 14.9. The molecule has 1 aromatic heterocycles. The van der Waals surface area contributed by atoms with E-state index < -0.39 is 30.7 Å². The monoisotopic (exact) mass is 498 g/mol. The number of carbonyl (C=O) groups excluding carboxylic acids is 1. The normalized spacial score (nSPS) is 17.7. The van der Waals surface area contributed by atoms with E-state index >= 15 is 0 Å². The van der Waals surface area contributed by atoms with E-state index in [1.807, 2.05) is 10.7 Å². The molecule has 2 atom stereocenters. The highest BCUT2D eigenvalue weighted by molar-refractivity contribution is 7.13. The molecule has 1 aliphatic rings. The first-order valence-corrected chi connectivity index (χ1v) is 10.0. The Morgan fingerprint density at radius 2 is 1.85 bits per heavy atom. The maximum Gasteiger partial charge on any atom is 0.405 e. The van der Waals surface area contributed by atoms with Crippen molar-refractivity contribution in [3.05, 3.63) is 23.2 Å². The topological polar surface area (TPSA) is 222 Å². The van der Waals surface area contributed by atoms with Crippen molar-refractivity contribution in [2.75, 3.05) is 11.9 Å². The fourth-order valence-electron chi connectivity index (χ4n) is 2.80. The minimum Gasteiger partial charge on any atom is -0.478 e. The number of urea groups is 1. The first-order valence-electron chi connectivity index (χ1n) is 9.17. The van der Waals surface area contributed by atoms with E-state index in [0.717, 1.165) is 25.0 Å². The highest BCUT2D eigenvalue weighted by Crippen LogP contribution is 2.34. The number of carboxylic acid groups (broad SMARTS) is 2. The first kappa shape index (κ1) is 29.6. The average Bonchev–Trinajstić information content (AvgIpc) is 3.13. The van der Waals surface area contributed by atoms with E-state index in [2.05, 4.69) is 15.6 Å². The number of amides is 2. The molecule has 186 valence electrons. The molecule has 0 spiro atoms. The quantitative estimate of drug-likeness (QED) is 0.171. The van der Waals surface area contributed by atoms with Crippen molar-refractivity contribution in [1.82, 2.24) is 15.6 Å². The molecule has 1 aliphatic carbocycles. The number of aliphatic carboxylic acids is 2. The number of hydrogen-bond donors (Lipinski definition) is 7. The van der Waals surface area contributed by atoms with Gasteiger partial charge in [0.2, 0.25) is 0 Å². The van der Waals surface area contributed by atoms with Crippen LogP contribution in [0.4, 0.5) is 23.1 Å². The molecular formula is C17H25F3N6O6S. The van der Waals surface area contributed by atoms with E-state index in [9.17, 15) is 27.6 Å². The zero-order chi connectivity index (χ0) is 24.3. The molecule has 0 aliphatic heterocycles. The summed E-state index contributed by atoms with van der Waals surface area (Å²) < 4.78 is 36.3. The molecule has 33 heavy (non-hydrogen) atoms. The molecule has 2 amide bonds. The van der Waals surface area contributed by atoms with Crippen molar-refractivity contribution in [2.24, 2.45) is 5.73 Å². The molecule has 1 heterocycles. The van der Waals surface area contributed by atoms with Gasteiger partial charge in [0.25, 0.3) is 0 Å². The van der Waals surface area contributed by atoms with Gasteiger partial charge in [-0.2, -0.15) is 13.2 Å². The number of hydrogen-bond acceptors (Lipinski definition) is 6. The van der Waals surface area contributed by atoms with Gasteiger partial charge in [0.1, 0.15) is 6.54 Å². The molecule has 1 fully saturated rings. The van der Waals surface area contributed by atoms with E-state index in [1.54, 1.807) is 0 Å². The van der Waals surface area contributed by atoms with Crippen molar-refractivity contribution in [3.8, 4) is 0 Å². The molecule has 1 saturated carbocycles. The fourth-order valence-corrected chi connectivity index (χ4v) is 3.60. The van der Waals surface area contributed by atoms with Crippen LogP contribution >= 0.6 is 11.3 Å². The summed E-state index contributed by atoms with van der Waals surface area (Å²) in [4.78, 5) is 35.0. The number of nitrogens with two attached hydrogens (primary N) is 1. The van der Waals surface area contributed by atoms with Crippen LogP contribution in [-0.2, 0) is 9.59 Å². The van der Waals surface area contributed by atoms with Crippen LogP contribution in [0.25, 0.3) is 0 Å². The smallest absolute Gasteiger partial charge is 0.405 e. The predicted octanol–water partition coefficient (Wildman–Crippen LogP) is 1.22. The van der Waals surface area contributed by atoms with E-state index in [4.69, 9.17) is 21.4 Å².